The van der Waals surface area contributed by atoms with E-state index in [1.165, 1.54) is 11.1 Å². The molecule has 0 saturated carbocycles. The first kappa shape index (κ1) is 17.2. The number of benzene rings is 2. The monoisotopic (exact) mass is 324 g/mol. The van der Waals surface area contributed by atoms with Crippen LogP contribution >= 0.6 is 0 Å². The molecule has 1 saturated heterocycles. The van der Waals surface area contributed by atoms with E-state index in [0.717, 1.165) is 39.1 Å². The van der Waals surface area contributed by atoms with Gasteiger partial charge in [0, 0.05) is 32.7 Å². The van der Waals surface area contributed by atoms with Crippen molar-refractivity contribution in [2.45, 2.75) is 25.5 Å². The van der Waals surface area contributed by atoms with E-state index in [4.69, 9.17) is 0 Å². The molecule has 0 spiro atoms. The van der Waals surface area contributed by atoms with Crippen LogP contribution in [0.25, 0.3) is 0 Å². The minimum Gasteiger partial charge on any atom is -0.392 e. The van der Waals surface area contributed by atoms with E-state index in [9.17, 15) is 5.11 Å². The fraction of sp³-hybridized carbons (Fsp3) is 0.429. The predicted octanol–water partition coefficient (Wildman–Crippen LogP) is 3.16. The minimum absolute atomic E-state index is 0.199. The van der Waals surface area contributed by atoms with Crippen molar-refractivity contribution < 1.29 is 5.11 Å². The summed E-state index contributed by atoms with van der Waals surface area (Å²) in [6.07, 6.45) is 0.632. The molecule has 0 bridgehead atoms. The molecule has 1 N–H and O–H groups in total. The van der Waals surface area contributed by atoms with Crippen LogP contribution in [0, 0.1) is 0 Å². The Morgan fingerprint density at radius 1 is 0.833 bits per heavy atom. The molecule has 128 valence electrons. The Bertz CT molecular complexity index is 554. The lowest BCUT2D eigenvalue weighted by Crippen LogP contribution is -2.49. The molecule has 0 radical (unpaired) electrons. The SMILES string of the molecule is CCC(O)CN1CCN(C(c2ccccc2)c2ccccc2)CC1. The zero-order valence-corrected chi connectivity index (χ0v) is 14.5. The number of piperazine rings is 1. The molecule has 1 heterocycles. The standard InChI is InChI=1S/C21H28N2O/c1-2-20(24)17-22-13-15-23(16-14-22)21(18-9-5-3-6-10-18)19-11-7-4-8-12-19/h3-12,20-21,24H,2,13-17H2,1H3. The summed E-state index contributed by atoms with van der Waals surface area (Å²) in [7, 11) is 0. The highest BCUT2D eigenvalue weighted by molar-refractivity contribution is 5.31. The highest BCUT2D eigenvalue weighted by atomic mass is 16.3. The first-order chi connectivity index (χ1) is 11.8. The Morgan fingerprint density at radius 2 is 1.33 bits per heavy atom. The number of hydrogen-bond donors (Lipinski definition) is 1. The Balaban J connectivity index is 1.74. The smallest absolute Gasteiger partial charge is 0.0664 e. The van der Waals surface area contributed by atoms with Gasteiger partial charge in [0.1, 0.15) is 0 Å². The van der Waals surface area contributed by atoms with Crippen LogP contribution in [0.1, 0.15) is 30.5 Å². The van der Waals surface area contributed by atoms with Crippen LogP contribution in [-0.2, 0) is 0 Å². The molecule has 0 aromatic heterocycles. The number of aliphatic hydroxyl groups excluding tert-OH is 1. The van der Waals surface area contributed by atoms with Crippen LogP contribution in [0.2, 0.25) is 0 Å². The van der Waals surface area contributed by atoms with Gasteiger partial charge < -0.3 is 5.11 Å². The van der Waals surface area contributed by atoms with Crippen molar-refractivity contribution in [2.75, 3.05) is 32.7 Å². The number of aliphatic hydroxyl groups is 1. The van der Waals surface area contributed by atoms with Crippen molar-refractivity contribution in [3.05, 3.63) is 71.8 Å². The van der Waals surface area contributed by atoms with Gasteiger partial charge in [0.2, 0.25) is 0 Å². The molecule has 3 nitrogen and oxygen atoms in total. The van der Waals surface area contributed by atoms with Crippen LogP contribution in [0.5, 0.6) is 0 Å². The van der Waals surface area contributed by atoms with Gasteiger partial charge in [-0.15, -0.1) is 0 Å². The number of β-amino-alcohol motifs (C(OH)–C–C–N with tert-alkyl or cyclic N) is 1. The Kier molecular flexibility index (Phi) is 6.02. The van der Waals surface area contributed by atoms with Gasteiger partial charge in [-0.05, 0) is 17.5 Å². The molecule has 2 aromatic carbocycles. The van der Waals surface area contributed by atoms with Gasteiger partial charge in [0.25, 0.3) is 0 Å². The zero-order chi connectivity index (χ0) is 16.8. The van der Waals surface area contributed by atoms with Gasteiger partial charge in [-0.25, -0.2) is 0 Å². The molecule has 1 aliphatic rings. The first-order valence-electron chi connectivity index (χ1n) is 9.02. The van der Waals surface area contributed by atoms with Gasteiger partial charge in [0.15, 0.2) is 0 Å². The van der Waals surface area contributed by atoms with Gasteiger partial charge in [-0.2, -0.15) is 0 Å². The Labute approximate surface area is 145 Å². The quantitative estimate of drug-likeness (QED) is 0.884. The van der Waals surface area contributed by atoms with Crippen LogP contribution in [0.15, 0.2) is 60.7 Å². The third-order valence-electron chi connectivity index (χ3n) is 4.94. The molecule has 3 heteroatoms. The summed E-state index contributed by atoms with van der Waals surface area (Å²) in [5.41, 5.74) is 2.71. The summed E-state index contributed by atoms with van der Waals surface area (Å²) in [6, 6.07) is 21.9. The summed E-state index contributed by atoms with van der Waals surface area (Å²) >= 11 is 0. The van der Waals surface area contributed by atoms with Crippen molar-refractivity contribution in [2.24, 2.45) is 0 Å². The summed E-state index contributed by atoms with van der Waals surface area (Å²) in [5, 5.41) is 9.89. The van der Waals surface area contributed by atoms with Crippen LogP contribution in [0.4, 0.5) is 0 Å². The molecule has 3 rings (SSSR count). The normalized spacial score (nSPS) is 18.0. The van der Waals surface area contributed by atoms with Crippen molar-refractivity contribution in [3.8, 4) is 0 Å². The number of nitrogens with zero attached hydrogens (tertiary/aromatic N) is 2. The maximum absolute atomic E-state index is 9.89. The van der Waals surface area contributed by atoms with Crippen LogP contribution in [0.3, 0.4) is 0 Å². The lowest BCUT2D eigenvalue weighted by Gasteiger charge is -2.40. The molecule has 1 atom stereocenters. The van der Waals surface area contributed by atoms with E-state index in [-0.39, 0.29) is 6.10 Å². The molecule has 0 amide bonds. The fourth-order valence-electron chi connectivity index (χ4n) is 3.52. The molecule has 0 aliphatic carbocycles. The Hall–Kier alpha value is -1.68. The molecule has 1 aliphatic heterocycles. The van der Waals surface area contributed by atoms with Crippen molar-refractivity contribution in [3.63, 3.8) is 0 Å². The van der Waals surface area contributed by atoms with Crippen LogP contribution < -0.4 is 0 Å². The average Bonchev–Trinajstić information content (AvgIpc) is 2.65. The second-order valence-corrected chi connectivity index (χ2v) is 6.62. The lowest BCUT2D eigenvalue weighted by molar-refractivity contribution is 0.0611. The summed E-state index contributed by atoms with van der Waals surface area (Å²) < 4.78 is 0. The van der Waals surface area contributed by atoms with E-state index >= 15 is 0 Å². The molecule has 1 unspecified atom stereocenters. The second-order valence-electron chi connectivity index (χ2n) is 6.62. The maximum Gasteiger partial charge on any atom is 0.0664 e. The lowest BCUT2D eigenvalue weighted by atomic mass is 9.96. The maximum atomic E-state index is 9.89. The highest BCUT2D eigenvalue weighted by Crippen LogP contribution is 2.29. The van der Waals surface area contributed by atoms with E-state index in [0.29, 0.717) is 6.04 Å². The number of rotatable bonds is 6. The topological polar surface area (TPSA) is 26.7 Å². The minimum atomic E-state index is -0.199. The summed E-state index contributed by atoms with van der Waals surface area (Å²) in [5.74, 6) is 0. The van der Waals surface area contributed by atoms with Gasteiger partial charge >= 0.3 is 0 Å². The average molecular weight is 324 g/mol. The van der Waals surface area contributed by atoms with Crippen molar-refractivity contribution >= 4 is 0 Å². The van der Waals surface area contributed by atoms with E-state index in [2.05, 4.69) is 70.5 Å². The molecular weight excluding hydrogens is 296 g/mol. The molecule has 2 aromatic rings. The molecule has 1 fully saturated rings. The Morgan fingerprint density at radius 3 is 1.79 bits per heavy atom. The number of hydrogen-bond acceptors (Lipinski definition) is 3. The van der Waals surface area contributed by atoms with Gasteiger partial charge in [-0.1, -0.05) is 67.6 Å². The summed E-state index contributed by atoms with van der Waals surface area (Å²) in [4.78, 5) is 4.96. The van der Waals surface area contributed by atoms with Crippen molar-refractivity contribution in [1.82, 2.24) is 9.80 Å². The second kappa shape index (κ2) is 8.43. The van der Waals surface area contributed by atoms with Gasteiger partial charge in [-0.3, -0.25) is 9.80 Å². The summed E-state index contributed by atoms with van der Waals surface area (Å²) in [6.45, 7) is 6.95. The van der Waals surface area contributed by atoms with E-state index in [1.54, 1.807) is 0 Å². The zero-order valence-electron chi connectivity index (χ0n) is 14.5. The first-order valence-corrected chi connectivity index (χ1v) is 9.02. The van der Waals surface area contributed by atoms with Crippen LogP contribution in [-0.4, -0.2) is 53.7 Å². The predicted molar refractivity (Wildman–Crippen MR) is 99.0 cm³/mol. The fourth-order valence-corrected chi connectivity index (χ4v) is 3.52. The van der Waals surface area contributed by atoms with Gasteiger partial charge in [0.05, 0.1) is 12.1 Å². The van der Waals surface area contributed by atoms with Crippen molar-refractivity contribution in [1.29, 1.82) is 0 Å². The van der Waals surface area contributed by atoms with E-state index < -0.39 is 0 Å². The largest absolute Gasteiger partial charge is 0.392 e. The third kappa shape index (κ3) is 4.23. The third-order valence-corrected chi connectivity index (χ3v) is 4.94. The highest BCUT2D eigenvalue weighted by Gasteiger charge is 2.26. The molecular formula is C21H28N2O. The molecule has 24 heavy (non-hydrogen) atoms. The van der Waals surface area contributed by atoms with E-state index in [1.807, 2.05) is 6.92 Å².